The average molecular weight is 392 g/mol. The van der Waals surface area contributed by atoms with E-state index in [2.05, 4.69) is 29.6 Å². The number of benzene rings is 2. The minimum atomic E-state index is -0.576. The zero-order valence-electron chi connectivity index (χ0n) is 15.2. The van der Waals surface area contributed by atoms with Crippen LogP contribution in [0.15, 0.2) is 42.5 Å². The van der Waals surface area contributed by atoms with E-state index in [1.54, 1.807) is 0 Å². The van der Waals surface area contributed by atoms with Crippen molar-refractivity contribution in [1.82, 2.24) is 5.32 Å². The van der Waals surface area contributed by atoms with Gasteiger partial charge in [-0.15, -0.1) is 12.4 Å². The summed E-state index contributed by atoms with van der Waals surface area (Å²) in [5.74, 6) is 1.94. The molecule has 0 amide bonds. The molecule has 146 valence electrons. The second kappa shape index (κ2) is 9.31. The Labute approximate surface area is 166 Å². The van der Waals surface area contributed by atoms with Crippen molar-refractivity contribution in [3.63, 3.8) is 0 Å². The summed E-state index contributed by atoms with van der Waals surface area (Å²) < 4.78 is 16.9. The molecule has 27 heavy (non-hydrogen) atoms. The smallest absolute Gasteiger partial charge is 0.203 e. The van der Waals surface area contributed by atoms with Gasteiger partial charge in [0.25, 0.3) is 0 Å². The molecule has 2 unspecified atom stereocenters. The van der Waals surface area contributed by atoms with E-state index in [1.165, 1.54) is 11.1 Å². The molecule has 2 aromatic carbocycles. The maximum atomic E-state index is 10.3. The zero-order chi connectivity index (χ0) is 17.8. The molecule has 0 saturated heterocycles. The Hall–Kier alpha value is -1.95. The SMILES string of the molecule is Cl.OC(CNC1CCc2ccccc2C1)COc1cccc2c1OCCO2. The Bertz CT molecular complexity index is 755. The first kappa shape index (κ1) is 19.8. The third-order valence-electron chi connectivity index (χ3n) is 4.95. The highest BCUT2D eigenvalue weighted by Crippen LogP contribution is 2.38. The fourth-order valence-electron chi connectivity index (χ4n) is 3.58. The number of hydrogen-bond acceptors (Lipinski definition) is 5. The number of rotatable bonds is 6. The van der Waals surface area contributed by atoms with E-state index in [4.69, 9.17) is 14.2 Å². The predicted octanol–water partition coefficient (Wildman–Crippen LogP) is 2.77. The van der Waals surface area contributed by atoms with Crippen LogP contribution in [0.25, 0.3) is 0 Å². The minimum Gasteiger partial charge on any atom is -0.487 e. The lowest BCUT2D eigenvalue weighted by Gasteiger charge is -2.26. The van der Waals surface area contributed by atoms with Gasteiger partial charge in [0, 0.05) is 12.6 Å². The third kappa shape index (κ3) is 4.86. The molecular weight excluding hydrogens is 366 g/mol. The molecule has 1 heterocycles. The molecule has 2 N–H and O–H groups in total. The molecule has 0 aromatic heterocycles. The number of aryl methyl sites for hydroxylation is 1. The molecule has 0 bridgehead atoms. The van der Waals surface area contributed by atoms with Crippen LogP contribution < -0.4 is 19.5 Å². The van der Waals surface area contributed by atoms with Crippen LogP contribution in [-0.2, 0) is 12.8 Å². The number of nitrogens with one attached hydrogen (secondary N) is 1. The zero-order valence-corrected chi connectivity index (χ0v) is 16.0. The highest BCUT2D eigenvalue weighted by Gasteiger charge is 2.20. The number of fused-ring (bicyclic) bond motifs is 2. The van der Waals surface area contributed by atoms with Crippen LogP contribution in [0.5, 0.6) is 17.2 Å². The van der Waals surface area contributed by atoms with Crippen LogP contribution in [-0.4, -0.2) is 43.6 Å². The van der Waals surface area contributed by atoms with E-state index < -0.39 is 6.10 Å². The van der Waals surface area contributed by atoms with Gasteiger partial charge in [0.2, 0.25) is 5.75 Å². The van der Waals surface area contributed by atoms with Crippen LogP contribution >= 0.6 is 12.4 Å². The summed E-state index contributed by atoms with van der Waals surface area (Å²) in [5, 5.41) is 13.8. The van der Waals surface area contributed by atoms with Crippen molar-refractivity contribution in [2.45, 2.75) is 31.4 Å². The average Bonchev–Trinajstić information content (AvgIpc) is 2.70. The second-order valence-corrected chi connectivity index (χ2v) is 6.86. The van der Waals surface area contributed by atoms with Crippen LogP contribution in [0.4, 0.5) is 0 Å². The lowest BCUT2D eigenvalue weighted by molar-refractivity contribution is 0.0970. The minimum absolute atomic E-state index is 0. The van der Waals surface area contributed by atoms with Crippen molar-refractivity contribution in [3.8, 4) is 17.2 Å². The van der Waals surface area contributed by atoms with E-state index in [0.717, 1.165) is 19.3 Å². The monoisotopic (exact) mass is 391 g/mol. The molecule has 0 saturated carbocycles. The second-order valence-electron chi connectivity index (χ2n) is 6.86. The standard InChI is InChI=1S/C21H25NO4.ClH/c23-18(13-22-17-9-8-15-4-1-2-5-16(15)12-17)14-26-20-7-3-6-19-21(20)25-11-10-24-19;/h1-7,17-18,22-23H,8-14H2;1H. The number of hydrogen-bond donors (Lipinski definition) is 2. The highest BCUT2D eigenvalue weighted by atomic mass is 35.5. The largest absolute Gasteiger partial charge is 0.487 e. The Balaban J connectivity index is 0.00000210. The lowest BCUT2D eigenvalue weighted by Crippen LogP contribution is -2.40. The molecule has 5 nitrogen and oxygen atoms in total. The van der Waals surface area contributed by atoms with Gasteiger partial charge in [0.1, 0.15) is 25.9 Å². The fourth-order valence-corrected chi connectivity index (χ4v) is 3.58. The van der Waals surface area contributed by atoms with E-state index in [1.807, 2.05) is 18.2 Å². The van der Waals surface area contributed by atoms with Gasteiger partial charge in [-0.1, -0.05) is 30.3 Å². The van der Waals surface area contributed by atoms with Gasteiger partial charge in [-0.2, -0.15) is 0 Å². The van der Waals surface area contributed by atoms with Crippen LogP contribution in [0, 0.1) is 0 Å². The molecule has 4 rings (SSSR count). The van der Waals surface area contributed by atoms with Crippen molar-refractivity contribution in [1.29, 1.82) is 0 Å². The summed E-state index contributed by atoms with van der Waals surface area (Å²) in [7, 11) is 0. The first-order valence-corrected chi connectivity index (χ1v) is 9.29. The molecule has 0 fully saturated rings. The summed E-state index contributed by atoms with van der Waals surface area (Å²) in [6, 6.07) is 14.6. The van der Waals surface area contributed by atoms with Gasteiger partial charge < -0.3 is 24.6 Å². The van der Waals surface area contributed by atoms with Crippen molar-refractivity contribution < 1.29 is 19.3 Å². The lowest BCUT2D eigenvalue weighted by atomic mass is 9.88. The van der Waals surface area contributed by atoms with Gasteiger partial charge in [-0.25, -0.2) is 0 Å². The van der Waals surface area contributed by atoms with Crippen molar-refractivity contribution in [3.05, 3.63) is 53.6 Å². The molecule has 0 radical (unpaired) electrons. The van der Waals surface area contributed by atoms with Crippen LogP contribution in [0.3, 0.4) is 0 Å². The molecule has 6 heteroatoms. The maximum absolute atomic E-state index is 10.3. The van der Waals surface area contributed by atoms with E-state index >= 15 is 0 Å². The van der Waals surface area contributed by atoms with E-state index in [-0.39, 0.29) is 19.0 Å². The van der Waals surface area contributed by atoms with E-state index in [9.17, 15) is 5.11 Å². The first-order chi connectivity index (χ1) is 12.8. The Kier molecular flexibility index (Phi) is 6.83. The summed E-state index contributed by atoms with van der Waals surface area (Å²) in [5.41, 5.74) is 2.86. The molecule has 1 aliphatic carbocycles. The Morgan fingerprint density at radius 2 is 1.89 bits per heavy atom. The fraction of sp³-hybridized carbons (Fsp3) is 0.429. The topological polar surface area (TPSA) is 60.0 Å². The summed E-state index contributed by atoms with van der Waals surface area (Å²) >= 11 is 0. The molecule has 2 aliphatic rings. The molecule has 2 atom stereocenters. The summed E-state index contributed by atoms with van der Waals surface area (Å²) in [6.07, 6.45) is 2.63. The molecule has 1 aliphatic heterocycles. The van der Waals surface area contributed by atoms with Gasteiger partial charge in [0.15, 0.2) is 11.5 Å². The normalized spacial score (nSPS) is 18.8. The highest BCUT2D eigenvalue weighted by molar-refractivity contribution is 5.85. The van der Waals surface area contributed by atoms with Crippen molar-refractivity contribution in [2.75, 3.05) is 26.4 Å². The van der Waals surface area contributed by atoms with Gasteiger partial charge in [-0.05, 0) is 42.5 Å². The Morgan fingerprint density at radius 1 is 1.07 bits per heavy atom. The van der Waals surface area contributed by atoms with Gasteiger partial charge in [0.05, 0.1) is 0 Å². The summed E-state index contributed by atoms with van der Waals surface area (Å²) in [6.45, 7) is 1.80. The quantitative estimate of drug-likeness (QED) is 0.793. The van der Waals surface area contributed by atoms with Crippen LogP contribution in [0.2, 0.25) is 0 Å². The molecular formula is C21H26ClNO4. The Morgan fingerprint density at radius 3 is 2.78 bits per heavy atom. The first-order valence-electron chi connectivity index (χ1n) is 9.29. The molecule has 2 aromatic rings. The number of aliphatic hydroxyl groups excluding tert-OH is 1. The van der Waals surface area contributed by atoms with E-state index in [0.29, 0.717) is 43.0 Å². The van der Waals surface area contributed by atoms with Gasteiger partial charge >= 0.3 is 0 Å². The number of aliphatic hydroxyl groups is 1. The van der Waals surface area contributed by atoms with Crippen molar-refractivity contribution >= 4 is 12.4 Å². The predicted molar refractivity (Wildman–Crippen MR) is 106 cm³/mol. The third-order valence-corrected chi connectivity index (χ3v) is 4.95. The van der Waals surface area contributed by atoms with Crippen molar-refractivity contribution in [2.24, 2.45) is 0 Å². The number of halogens is 1. The van der Waals surface area contributed by atoms with Gasteiger partial charge in [-0.3, -0.25) is 0 Å². The maximum Gasteiger partial charge on any atom is 0.203 e. The number of para-hydroxylation sites is 1. The summed E-state index contributed by atoms with van der Waals surface area (Å²) in [4.78, 5) is 0. The number of ether oxygens (including phenoxy) is 3. The molecule has 0 spiro atoms. The van der Waals surface area contributed by atoms with Crippen LogP contribution in [0.1, 0.15) is 17.5 Å².